The molecule has 0 heterocycles. The molecule has 23 heavy (non-hydrogen) atoms. The molecule has 0 bridgehead atoms. The van der Waals surface area contributed by atoms with Crippen LogP contribution in [0.5, 0.6) is 0 Å². The van der Waals surface area contributed by atoms with Crippen molar-refractivity contribution in [2.45, 2.75) is 46.0 Å². The highest BCUT2D eigenvalue weighted by Crippen LogP contribution is 2.21. The van der Waals surface area contributed by atoms with Crippen LogP contribution in [0, 0.1) is 0 Å². The molecule has 0 aliphatic heterocycles. The smallest absolute Gasteiger partial charge is 0.170 e. The van der Waals surface area contributed by atoms with Gasteiger partial charge in [0.25, 0.3) is 0 Å². The summed E-state index contributed by atoms with van der Waals surface area (Å²) in [6, 6.07) is 16.1. The first-order valence-electron chi connectivity index (χ1n) is 8.32. The minimum atomic E-state index is -0.115. The van der Waals surface area contributed by atoms with Gasteiger partial charge in [-0.3, -0.25) is 9.59 Å². The fourth-order valence-corrected chi connectivity index (χ4v) is 2.62. The van der Waals surface area contributed by atoms with Crippen LogP contribution in [-0.4, -0.2) is 11.6 Å². The Hall–Kier alpha value is -2.22. The van der Waals surface area contributed by atoms with Gasteiger partial charge < -0.3 is 0 Å². The second-order valence-corrected chi connectivity index (χ2v) is 6.03. The molecule has 0 spiro atoms. The number of rotatable bonds is 8. The van der Waals surface area contributed by atoms with Gasteiger partial charge in [0.2, 0.25) is 0 Å². The van der Waals surface area contributed by atoms with Crippen LogP contribution >= 0.6 is 0 Å². The summed E-state index contributed by atoms with van der Waals surface area (Å²) < 4.78 is 0. The number of ketones is 2. The average Bonchev–Trinajstić information content (AvgIpc) is 2.55. The van der Waals surface area contributed by atoms with Gasteiger partial charge in [-0.15, -0.1) is 0 Å². The van der Waals surface area contributed by atoms with Crippen LogP contribution in [0.3, 0.4) is 0 Å². The third-order valence-corrected chi connectivity index (χ3v) is 3.97. The summed E-state index contributed by atoms with van der Waals surface area (Å²) in [5.41, 5.74) is 4.20. The first-order valence-corrected chi connectivity index (χ1v) is 8.32. The van der Waals surface area contributed by atoms with E-state index in [1.165, 1.54) is 31.7 Å². The molecule has 0 amide bonds. The maximum Gasteiger partial charge on any atom is 0.170 e. The van der Waals surface area contributed by atoms with E-state index in [0.29, 0.717) is 5.56 Å². The molecule has 2 nitrogen and oxygen atoms in total. The van der Waals surface area contributed by atoms with Gasteiger partial charge >= 0.3 is 0 Å². The summed E-state index contributed by atoms with van der Waals surface area (Å²) >= 11 is 0. The van der Waals surface area contributed by atoms with Gasteiger partial charge in [0, 0.05) is 5.56 Å². The third kappa shape index (κ3) is 5.17. The number of hydrogen-bond donors (Lipinski definition) is 0. The molecule has 0 aliphatic carbocycles. The van der Waals surface area contributed by atoms with Gasteiger partial charge in [0.1, 0.15) is 5.78 Å². The Balaban J connectivity index is 2.04. The number of aryl methyl sites for hydroxylation is 1. The summed E-state index contributed by atoms with van der Waals surface area (Å²) in [5.74, 6) is -0.215. The highest BCUT2D eigenvalue weighted by atomic mass is 16.1. The van der Waals surface area contributed by atoms with E-state index in [0.717, 1.165) is 17.5 Å². The number of hydrogen-bond acceptors (Lipinski definition) is 2. The van der Waals surface area contributed by atoms with E-state index in [1.54, 1.807) is 12.1 Å². The number of benzene rings is 2. The van der Waals surface area contributed by atoms with Crippen molar-refractivity contribution < 1.29 is 9.59 Å². The molecular weight excluding hydrogens is 284 g/mol. The molecule has 0 saturated heterocycles. The highest BCUT2D eigenvalue weighted by Gasteiger charge is 2.08. The van der Waals surface area contributed by atoms with E-state index >= 15 is 0 Å². The lowest BCUT2D eigenvalue weighted by atomic mass is 9.99. The van der Waals surface area contributed by atoms with Crippen LogP contribution in [0.25, 0.3) is 11.1 Å². The van der Waals surface area contributed by atoms with Crippen molar-refractivity contribution >= 4 is 11.6 Å². The van der Waals surface area contributed by atoms with Crippen LogP contribution in [0.2, 0.25) is 0 Å². The maximum absolute atomic E-state index is 11.9. The van der Waals surface area contributed by atoms with Crippen molar-refractivity contribution in [1.29, 1.82) is 0 Å². The van der Waals surface area contributed by atoms with Crippen LogP contribution in [-0.2, 0) is 11.2 Å². The van der Waals surface area contributed by atoms with E-state index in [1.807, 2.05) is 12.1 Å². The van der Waals surface area contributed by atoms with Crippen molar-refractivity contribution in [1.82, 2.24) is 0 Å². The minimum absolute atomic E-state index is 0.0220. The van der Waals surface area contributed by atoms with Gasteiger partial charge in [-0.05, 0) is 36.5 Å². The molecule has 0 aliphatic rings. The molecule has 0 aromatic heterocycles. The monoisotopic (exact) mass is 308 g/mol. The van der Waals surface area contributed by atoms with Gasteiger partial charge in [-0.1, -0.05) is 68.3 Å². The first kappa shape index (κ1) is 17.1. The predicted octanol–water partition coefficient (Wildman–Crippen LogP) is 5.25. The first-order chi connectivity index (χ1) is 11.1. The molecule has 0 unspecified atom stereocenters. The van der Waals surface area contributed by atoms with Crippen LogP contribution in [0.1, 0.15) is 55.5 Å². The zero-order chi connectivity index (χ0) is 16.7. The van der Waals surface area contributed by atoms with Gasteiger partial charge in [0.05, 0.1) is 6.42 Å². The molecule has 2 aromatic rings. The molecule has 0 radical (unpaired) electrons. The number of Topliss-reactive ketones (excluding diaryl/α,β-unsaturated/α-hetero) is 2. The quantitative estimate of drug-likeness (QED) is 0.379. The lowest BCUT2D eigenvalue weighted by Gasteiger charge is -2.06. The standard InChI is InChI=1S/C21H24O2/c1-3-4-5-6-17-7-9-18(10-8-17)19-11-13-20(14-12-19)21(23)15-16(2)22/h7-14H,3-6,15H2,1-2H3. The fraction of sp³-hybridized carbons (Fsp3) is 0.333. The van der Waals surface area contributed by atoms with Gasteiger partial charge in [-0.2, -0.15) is 0 Å². The van der Waals surface area contributed by atoms with Crippen LogP contribution in [0.4, 0.5) is 0 Å². The molecule has 0 saturated carbocycles. The average molecular weight is 308 g/mol. The van der Waals surface area contributed by atoms with E-state index < -0.39 is 0 Å². The maximum atomic E-state index is 11.9. The van der Waals surface area contributed by atoms with E-state index in [9.17, 15) is 9.59 Å². The van der Waals surface area contributed by atoms with Crippen molar-refractivity contribution in [3.8, 4) is 11.1 Å². The lowest BCUT2D eigenvalue weighted by Crippen LogP contribution is -2.04. The summed E-state index contributed by atoms with van der Waals surface area (Å²) in [6.07, 6.45) is 4.87. The molecular formula is C21H24O2. The van der Waals surface area contributed by atoms with Crippen LogP contribution < -0.4 is 0 Å². The largest absolute Gasteiger partial charge is 0.300 e. The molecule has 0 atom stereocenters. The summed E-state index contributed by atoms with van der Waals surface area (Å²) in [6.45, 7) is 3.66. The highest BCUT2D eigenvalue weighted by molar-refractivity contribution is 6.07. The normalized spacial score (nSPS) is 10.5. The van der Waals surface area contributed by atoms with Crippen molar-refractivity contribution in [2.24, 2.45) is 0 Å². The Morgan fingerprint density at radius 2 is 1.39 bits per heavy atom. The molecule has 0 N–H and O–H groups in total. The topological polar surface area (TPSA) is 34.1 Å². The van der Waals surface area contributed by atoms with E-state index in [2.05, 4.69) is 31.2 Å². The zero-order valence-corrected chi connectivity index (χ0v) is 14.0. The number of carbonyl (C=O) groups excluding carboxylic acids is 2. The van der Waals surface area contributed by atoms with E-state index in [-0.39, 0.29) is 18.0 Å². The minimum Gasteiger partial charge on any atom is -0.300 e. The Kier molecular flexibility index (Phi) is 6.28. The van der Waals surface area contributed by atoms with Gasteiger partial charge in [0.15, 0.2) is 5.78 Å². The molecule has 2 aromatic carbocycles. The second kappa shape index (κ2) is 8.42. The zero-order valence-electron chi connectivity index (χ0n) is 14.0. The Bertz CT molecular complexity index is 651. The van der Waals surface area contributed by atoms with Gasteiger partial charge in [-0.25, -0.2) is 0 Å². The third-order valence-electron chi connectivity index (χ3n) is 3.97. The summed E-state index contributed by atoms with van der Waals surface area (Å²) in [4.78, 5) is 22.9. The van der Waals surface area contributed by atoms with Crippen molar-refractivity contribution in [2.75, 3.05) is 0 Å². The number of unbranched alkanes of at least 4 members (excludes halogenated alkanes) is 2. The molecule has 120 valence electrons. The van der Waals surface area contributed by atoms with Crippen LogP contribution in [0.15, 0.2) is 48.5 Å². The van der Waals surface area contributed by atoms with E-state index in [4.69, 9.17) is 0 Å². The summed E-state index contributed by atoms with van der Waals surface area (Å²) in [7, 11) is 0. The SMILES string of the molecule is CCCCCc1ccc(-c2ccc(C(=O)CC(C)=O)cc2)cc1. The van der Waals surface area contributed by atoms with Crippen molar-refractivity contribution in [3.63, 3.8) is 0 Å². The Morgan fingerprint density at radius 3 is 1.91 bits per heavy atom. The predicted molar refractivity (Wildman–Crippen MR) is 94.7 cm³/mol. The Morgan fingerprint density at radius 1 is 0.826 bits per heavy atom. The molecule has 2 heteroatoms. The lowest BCUT2D eigenvalue weighted by molar-refractivity contribution is -0.116. The second-order valence-electron chi connectivity index (χ2n) is 6.03. The molecule has 2 rings (SSSR count). The summed E-state index contributed by atoms with van der Waals surface area (Å²) in [5, 5.41) is 0. The Labute approximate surface area is 138 Å². The number of carbonyl (C=O) groups is 2. The fourth-order valence-electron chi connectivity index (χ4n) is 2.62. The molecule has 0 fully saturated rings. The van der Waals surface area contributed by atoms with Crippen molar-refractivity contribution in [3.05, 3.63) is 59.7 Å².